The van der Waals surface area contributed by atoms with Crippen molar-refractivity contribution in [1.29, 1.82) is 5.26 Å². The van der Waals surface area contributed by atoms with Gasteiger partial charge in [0.15, 0.2) is 0 Å². The zero-order valence-corrected chi connectivity index (χ0v) is 11.9. The molecule has 0 spiro atoms. The van der Waals surface area contributed by atoms with E-state index in [1.807, 2.05) is 0 Å². The molecule has 2 unspecified atom stereocenters. The van der Waals surface area contributed by atoms with Gasteiger partial charge < -0.3 is 10.0 Å². The molecule has 2 heterocycles. The van der Waals surface area contributed by atoms with Crippen LogP contribution in [0.15, 0.2) is 23.3 Å². The number of nitriles is 1. The molecular formula is C14H16N2O3S. The van der Waals surface area contributed by atoms with Crippen molar-refractivity contribution in [3.05, 3.63) is 23.3 Å². The van der Waals surface area contributed by atoms with Crippen LogP contribution in [0.4, 0.5) is 0 Å². The molecule has 0 aliphatic carbocycles. The lowest BCUT2D eigenvalue weighted by molar-refractivity contribution is -0.148. The summed E-state index contributed by atoms with van der Waals surface area (Å²) in [5, 5.41) is 17.9. The number of thioether (sulfide) groups is 1. The average Bonchev–Trinajstić information content (AvgIpc) is 2.65. The molecule has 20 heavy (non-hydrogen) atoms. The van der Waals surface area contributed by atoms with Crippen LogP contribution in [-0.4, -0.2) is 33.7 Å². The second-order valence-corrected chi connectivity index (χ2v) is 5.93. The molecular weight excluding hydrogens is 276 g/mol. The SMILES string of the molecule is C=CCC1C(SCCCC#N)=C(C(=O)O)N2C(=O)CC12. The van der Waals surface area contributed by atoms with Crippen LogP contribution >= 0.6 is 11.8 Å². The Hall–Kier alpha value is -1.74. The number of amides is 1. The van der Waals surface area contributed by atoms with Crippen LogP contribution in [0.1, 0.15) is 25.7 Å². The minimum atomic E-state index is -1.04. The second-order valence-electron chi connectivity index (χ2n) is 4.79. The number of carbonyl (C=O) groups excluding carboxylic acids is 1. The number of hydrogen-bond donors (Lipinski definition) is 1. The second kappa shape index (κ2) is 6.14. The number of rotatable bonds is 7. The molecule has 106 valence electrons. The van der Waals surface area contributed by atoms with Crippen LogP contribution in [-0.2, 0) is 9.59 Å². The lowest BCUT2D eigenvalue weighted by Gasteiger charge is -2.38. The van der Waals surface area contributed by atoms with Crippen LogP contribution in [0.2, 0.25) is 0 Å². The fraction of sp³-hybridized carbons (Fsp3) is 0.500. The number of allylic oxidation sites excluding steroid dienone is 1. The van der Waals surface area contributed by atoms with E-state index in [2.05, 4.69) is 12.6 Å². The van der Waals surface area contributed by atoms with Crippen molar-refractivity contribution in [3.8, 4) is 6.07 Å². The Morgan fingerprint density at radius 2 is 2.40 bits per heavy atom. The molecule has 0 radical (unpaired) electrons. The first kappa shape index (κ1) is 14.7. The number of unbranched alkanes of at least 4 members (excludes halogenated alkanes) is 1. The molecule has 2 rings (SSSR count). The Bertz CT molecular complexity index is 521. The summed E-state index contributed by atoms with van der Waals surface area (Å²) in [5.74, 6) is -0.419. The fourth-order valence-electron chi connectivity index (χ4n) is 2.68. The zero-order valence-electron chi connectivity index (χ0n) is 11.0. The maximum atomic E-state index is 11.6. The molecule has 6 heteroatoms. The number of nitrogens with zero attached hydrogens (tertiary/aromatic N) is 2. The van der Waals surface area contributed by atoms with Crippen molar-refractivity contribution in [2.45, 2.75) is 31.7 Å². The molecule has 0 aromatic carbocycles. The molecule has 1 fully saturated rings. The van der Waals surface area contributed by atoms with Crippen LogP contribution in [0.3, 0.4) is 0 Å². The third-order valence-electron chi connectivity index (χ3n) is 3.57. The molecule has 0 aromatic rings. The van der Waals surface area contributed by atoms with Crippen molar-refractivity contribution in [1.82, 2.24) is 4.90 Å². The van der Waals surface area contributed by atoms with Crippen LogP contribution in [0, 0.1) is 17.2 Å². The standard InChI is InChI=1S/C14H16N2O3S/c1-2-5-9-10-8-11(17)16(10)12(14(18)19)13(9)20-7-4-3-6-15/h2,9-10H,1,3-5,7-8H2,(H,18,19). The summed E-state index contributed by atoms with van der Waals surface area (Å²) < 4.78 is 0. The van der Waals surface area contributed by atoms with E-state index in [1.54, 1.807) is 6.08 Å². The fourth-order valence-corrected chi connectivity index (χ4v) is 3.98. The third kappa shape index (κ3) is 2.46. The molecule has 0 saturated carbocycles. The number of β-lactam (4-membered cyclic amide) rings is 1. The van der Waals surface area contributed by atoms with Gasteiger partial charge in [-0.25, -0.2) is 4.79 Å². The van der Waals surface area contributed by atoms with Crippen LogP contribution in [0.25, 0.3) is 0 Å². The Morgan fingerprint density at radius 1 is 1.65 bits per heavy atom. The molecule has 1 amide bonds. The van der Waals surface area contributed by atoms with Gasteiger partial charge >= 0.3 is 5.97 Å². The maximum Gasteiger partial charge on any atom is 0.353 e. The third-order valence-corrected chi connectivity index (χ3v) is 4.87. The average molecular weight is 292 g/mol. The van der Waals surface area contributed by atoms with E-state index in [9.17, 15) is 14.7 Å². The maximum absolute atomic E-state index is 11.6. The summed E-state index contributed by atoms with van der Waals surface area (Å²) in [7, 11) is 0. The summed E-state index contributed by atoms with van der Waals surface area (Å²) in [6.45, 7) is 3.72. The number of carboxylic acids is 1. The lowest BCUT2D eigenvalue weighted by Crippen LogP contribution is -2.52. The van der Waals surface area contributed by atoms with Gasteiger partial charge in [-0.1, -0.05) is 6.08 Å². The Morgan fingerprint density at radius 3 is 2.95 bits per heavy atom. The van der Waals surface area contributed by atoms with E-state index in [0.29, 0.717) is 25.0 Å². The van der Waals surface area contributed by atoms with Crippen molar-refractivity contribution < 1.29 is 14.7 Å². The Kier molecular flexibility index (Phi) is 4.50. The number of hydrogen-bond acceptors (Lipinski definition) is 4. The van der Waals surface area contributed by atoms with E-state index in [1.165, 1.54) is 16.7 Å². The minimum Gasteiger partial charge on any atom is -0.477 e. The van der Waals surface area contributed by atoms with Gasteiger partial charge in [-0.3, -0.25) is 4.79 Å². The minimum absolute atomic E-state index is 0.0231. The molecule has 2 aliphatic rings. The van der Waals surface area contributed by atoms with Crippen molar-refractivity contribution in [3.63, 3.8) is 0 Å². The Labute approximate surface area is 121 Å². The summed E-state index contributed by atoms with van der Waals surface area (Å²) in [4.78, 5) is 25.3. The molecule has 2 aliphatic heterocycles. The molecule has 1 N–H and O–H groups in total. The summed E-state index contributed by atoms with van der Waals surface area (Å²) in [6, 6.07) is 2.05. The van der Waals surface area contributed by atoms with Gasteiger partial charge in [-0.2, -0.15) is 5.26 Å². The van der Waals surface area contributed by atoms with Crippen molar-refractivity contribution >= 4 is 23.6 Å². The van der Waals surface area contributed by atoms with E-state index in [4.69, 9.17) is 5.26 Å². The highest BCUT2D eigenvalue weighted by Crippen LogP contribution is 2.48. The topological polar surface area (TPSA) is 81.4 Å². The number of fused-ring (bicyclic) bond motifs is 1. The summed E-state index contributed by atoms with van der Waals surface area (Å²) >= 11 is 1.46. The van der Waals surface area contributed by atoms with Crippen molar-refractivity contribution in [2.24, 2.45) is 5.92 Å². The molecule has 0 aromatic heterocycles. The highest BCUT2D eigenvalue weighted by atomic mass is 32.2. The largest absolute Gasteiger partial charge is 0.477 e. The zero-order chi connectivity index (χ0) is 14.7. The Balaban J connectivity index is 2.20. The van der Waals surface area contributed by atoms with E-state index < -0.39 is 5.97 Å². The number of carbonyl (C=O) groups is 2. The predicted octanol–water partition coefficient (Wildman–Crippen LogP) is 2.13. The first-order chi connectivity index (χ1) is 9.61. The first-order valence-corrected chi connectivity index (χ1v) is 7.50. The van der Waals surface area contributed by atoms with Crippen molar-refractivity contribution in [2.75, 3.05) is 5.75 Å². The first-order valence-electron chi connectivity index (χ1n) is 6.52. The van der Waals surface area contributed by atoms with Gasteiger partial charge in [0.1, 0.15) is 5.70 Å². The summed E-state index contributed by atoms with van der Waals surface area (Å²) in [5.41, 5.74) is 0.139. The lowest BCUT2D eigenvalue weighted by atomic mass is 9.90. The monoisotopic (exact) mass is 292 g/mol. The summed E-state index contributed by atoms with van der Waals surface area (Å²) in [6.07, 6.45) is 4.04. The van der Waals surface area contributed by atoms with Gasteiger partial charge in [0.2, 0.25) is 5.91 Å². The highest BCUT2D eigenvalue weighted by molar-refractivity contribution is 8.03. The van der Waals surface area contributed by atoms with Gasteiger partial charge in [0.25, 0.3) is 0 Å². The molecule has 1 saturated heterocycles. The number of carboxylic acid groups (broad SMARTS) is 1. The number of aliphatic carboxylic acids is 1. The highest BCUT2D eigenvalue weighted by Gasteiger charge is 2.52. The smallest absolute Gasteiger partial charge is 0.353 e. The van der Waals surface area contributed by atoms with E-state index >= 15 is 0 Å². The predicted molar refractivity (Wildman–Crippen MR) is 75.5 cm³/mol. The normalized spacial score (nSPS) is 24.1. The van der Waals surface area contributed by atoms with Gasteiger partial charge in [-0.15, -0.1) is 18.3 Å². The molecule has 2 atom stereocenters. The quantitative estimate of drug-likeness (QED) is 0.441. The van der Waals surface area contributed by atoms with Crippen LogP contribution in [0.5, 0.6) is 0 Å². The van der Waals surface area contributed by atoms with Gasteiger partial charge in [0, 0.05) is 23.7 Å². The van der Waals surface area contributed by atoms with E-state index in [0.717, 1.165) is 11.3 Å². The van der Waals surface area contributed by atoms with E-state index in [-0.39, 0.29) is 23.6 Å². The van der Waals surface area contributed by atoms with Gasteiger partial charge in [-0.05, 0) is 18.6 Å². The molecule has 0 bridgehead atoms. The van der Waals surface area contributed by atoms with Crippen LogP contribution < -0.4 is 0 Å². The van der Waals surface area contributed by atoms with Gasteiger partial charge in [0.05, 0.1) is 12.1 Å². The molecule has 5 nitrogen and oxygen atoms in total.